The molecular weight excluding hydrogens is 226 g/mol. The molecule has 3 heterocycles. The van der Waals surface area contributed by atoms with Crippen molar-refractivity contribution < 1.29 is 0 Å². The first-order valence-electron chi connectivity index (χ1n) is 4.53. The molecule has 0 fully saturated rings. The first-order valence-corrected chi connectivity index (χ1v) is 6.23. The van der Waals surface area contributed by atoms with Gasteiger partial charge in [0.05, 0.1) is 4.88 Å². The van der Waals surface area contributed by atoms with Gasteiger partial charge in [-0.05, 0) is 18.4 Å². The molecular formula is C10H9N3S2. The summed E-state index contributed by atoms with van der Waals surface area (Å²) >= 11 is 3.32. The molecule has 3 aromatic heterocycles. The van der Waals surface area contributed by atoms with E-state index in [1.54, 1.807) is 22.7 Å². The van der Waals surface area contributed by atoms with Gasteiger partial charge in [0.1, 0.15) is 11.5 Å². The molecule has 3 rings (SSSR count). The minimum atomic E-state index is 0.733. The second-order valence-electron chi connectivity index (χ2n) is 3.32. The first kappa shape index (κ1) is 8.94. The van der Waals surface area contributed by atoms with Crippen LogP contribution in [0.15, 0.2) is 23.7 Å². The fourth-order valence-corrected chi connectivity index (χ4v) is 3.12. The molecule has 0 amide bonds. The predicted molar refractivity (Wildman–Crippen MR) is 65.5 cm³/mol. The molecule has 5 heteroatoms. The molecule has 0 aromatic carbocycles. The number of aryl methyl sites for hydroxylation is 1. The van der Waals surface area contributed by atoms with Crippen molar-refractivity contribution in [3.05, 3.63) is 28.6 Å². The summed E-state index contributed by atoms with van der Waals surface area (Å²) < 4.78 is 1.95. The second kappa shape index (κ2) is 3.08. The zero-order valence-electron chi connectivity index (χ0n) is 8.10. The van der Waals surface area contributed by atoms with Crippen molar-refractivity contribution in [1.82, 2.24) is 9.38 Å². The van der Waals surface area contributed by atoms with Crippen molar-refractivity contribution in [2.75, 3.05) is 5.73 Å². The van der Waals surface area contributed by atoms with E-state index in [0.29, 0.717) is 0 Å². The molecule has 0 saturated heterocycles. The van der Waals surface area contributed by atoms with Crippen molar-refractivity contribution in [3.63, 3.8) is 0 Å². The Morgan fingerprint density at radius 1 is 1.47 bits per heavy atom. The fourth-order valence-electron chi connectivity index (χ4n) is 1.57. The van der Waals surface area contributed by atoms with Crippen LogP contribution < -0.4 is 5.73 Å². The average molecular weight is 235 g/mol. The van der Waals surface area contributed by atoms with Gasteiger partial charge in [-0.15, -0.1) is 22.7 Å². The maximum Gasteiger partial charge on any atom is 0.196 e. The summed E-state index contributed by atoms with van der Waals surface area (Å²) in [5.41, 5.74) is 6.96. The molecule has 0 aliphatic heterocycles. The zero-order chi connectivity index (χ0) is 10.4. The Labute approximate surface area is 94.8 Å². The highest BCUT2D eigenvalue weighted by atomic mass is 32.1. The number of hydrogen-bond acceptors (Lipinski definition) is 4. The van der Waals surface area contributed by atoms with Gasteiger partial charge in [-0.3, -0.25) is 4.40 Å². The van der Waals surface area contributed by atoms with Crippen LogP contribution in [0, 0.1) is 6.92 Å². The van der Waals surface area contributed by atoms with Gasteiger partial charge in [0.15, 0.2) is 4.96 Å². The molecule has 3 aromatic rings. The van der Waals surface area contributed by atoms with Crippen molar-refractivity contribution >= 4 is 33.5 Å². The maximum absolute atomic E-state index is 6.06. The number of fused-ring (bicyclic) bond motifs is 1. The molecule has 2 N–H and O–H groups in total. The largest absolute Gasteiger partial charge is 0.383 e. The number of rotatable bonds is 1. The summed E-state index contributed by atoms with van der Waals surface area (Å²) in [6.07, 6.45) is 2.03. The van der Waals surface area contributed by atoms with Crippen LogP contribution in [0.4, 0.5) is 5.82 Å². The Balaban J connectivity index is 2.29. The third-order valence-electron chi connectivity index (χ3n) is 2.23. The lowest BCUT2D eigenvalue weighted by atomic mass is 10.3. The van der Waals surface area contributed by atoms with E-state index >= 15 is 0 Å². The van der Waals surface area contributed by atoms with Crippen molar-refractivity contribution in [2.45, 2.75) is 6.92 Å². The Bertz CT molecular complexity index is 604. The van der Waals surface area contributed by atoms with Gasteiger partial charge in [0, 0.05) is 11.1 Å². The molecule has 76 valence electrons. The number of nitrogens with two attached hydrogens (primary N) is 1. The lowest BCUT2D eigenvalue weighted by molar-refractivity contribution is 1.23. The van der Waals surface area contributed by atoms with Gasteiger partial charge in [0.25, 0.3) is 0 Å². The lowest BCUT2D eigenvalue weighted by Crippen LogP contribution is -1.91. The fraction of sp³-hybridized carbons (Fsp3) is 0.100. The van der Waals surface area contributed by atoms with Crippen molar-refractivity contribution in [2.24, 2.45) is 0 Å². The van der Waals surface area contributed by atoms with Crippen LogP contribution in [0.25, 0.3) is 15.5 Å². The average Bonchev–Trinajstić information content (AvgIpc) is 2.84. The van der Waals surface area contributed by atoms with Gasteiger partial charge in [-0.25, -0.2) is 4.98 Å². The molecule has 0 spiro atoms. The summed E-state index contributed by atoms with van der Waals surface area (Å²) in [5, 5.41) is 2.04. The molecule has 0 radical (unpaired) electrons. The summed E-state index contributed by atoms with van der Waals surface area (Å²) in [4.78, 5) is 7.86. The lowest BCUT2D eigenvalue weighted by Gasteiger charge is -1.93. The highest BCUT2D eigenvalue weighted by molar-refractivity contribution is 7.17. The Kier molecular flexibility index (Phi) is 1.83. The molecule has 3 nitrogen and oxygen atoms in total. The van der Waals surface area contributed by atoms with E-state index < -0.39 is 0 Å². The Morgan fingerprint density at radius 3 is 3.00 bits per heavy atom. The summed E-state index contributed by atoms with van der Waals surface area (Å²) in [6, 6.07) is 4.05. The van der Waals surface area contributed by atoms with Crippen molar-refractivity contribution in [1.29, 1.82) is 0 Å². The smallest absolute Gasteiger partial charge is 0.196 e. The highest BCUT2D eigenvalue weighted by Crippen LogP contribution is 2.32. The van der Waals surface area contributed by atoms with E-state index in [0.717, 1.165) is 21.3 Å². The number of nitrogen functional groups attached to an aromatic ring is 1. The molecule has 0 aliphatic carbocycles. The van der Waals surface area contributed by atoms with Gasteiger partial charge in [0.2, 0.25) is 0 Å². The molecule has 0 bridgehead atoms. The molecule has 0 aliphatic rings. The van der Waals surface area contributed by atoms with Gasteiger partial charge in [-0.1, -0.05) is 6.07 Å². The quantitative estimate of drug-likeness (QED) is 0.704. The minimum absolute atomic E-state index is 0.733. The van der Waals surface area contributed by atoms with E-state index in [1.165, 1.54) is 4.88 Å². The minimum Gasteiger partial charge on any atom is -0.383 e. The van der Waals surface area contributed by atoms with Crippen LogP contribution in [0.2, 0.25) is 0 Å². The number of hydrogen-bond donors (Lipinski definition) is 1. The Morgan fingerprint density at radius 2 is 2.33 bits per heavy atom. The first-order chi connectivity index (χ1) is 7.25. The van der Waals surface area contributed by atoms with Crippen LogP contribution in [-0.2, 0) is 0 Å². The van der Waals surface area contributed by atoms with E-state index in [2.05, 4.69) is 11.9 Å². The van der Waals surface area contributed by atoms with Crippen LogP contribution in [-0.4, -0.2) is 9.38 Å². The number of imidazole rings is 1. The van der Waals surface area contributed by atoms with E-state index in [1.807, 2.05) is 28.1 Å². The van der Waals surface area contributed by atoms with Crippen LogP contribution in [0.5, 0.6) is 0 Å². The number of nitrogens with zero attached hydrogens (tertiary/aromatic N) is 2. The summed E-state index contributed by atoms with van der Waals surface area (Å²) in [6.45, 7) is 2.06. The molecule has 15 heavy (non-hydrogen) atoms. The van der Waals surface area contributed by atoms with Crippen LogP contribution in [0.3, 0.4) is 0 Å². The summed E-state index contributed by atoms with van der Waals surface area (Å²) in [5.74, 6) is 0.733. The van der Waals surface area contributed by atoms with Crippen molar-refractivity contribution in [3.8, 4) is 10.6 Å². The van der Waals surface area contributed by atoms with Gasteiger partial charge < -0.3 is 5.73 Å². The number of aromatic nitrogens is 2. The number of thiophene rings is 1. The SMILES string of the molecule is Cc1cn2c(N)c(-c3cccs3)nc2s1. The number of thiazole rings is 1. The van der Waals surface area contributed by atoms with E-state index in [-0.39, 0.29) is 0 Å². The predicted octanol–water partition coefficient (Wildman–Crippen LogP) is 3.01. The third kappa shape index (κ3) is 1.27. The monoisotopic (exact) mass is 235 g/mol. The van der Waals surface area contributed by atoms with E-state index in [4.69, 9.17) is 5.73 Å². The maximum atomic E-state index is 6.06. The molecule has 0 unspecified atom stereocenters. The van der Waals surface area contributed by atoms with Gasteiger partial charge >= 0.3 is 0 Å². The van der Waals surface area contributed by atoms with Gasteiger partial charge in [-0.2, -0.15) is 0 Å². The van der Waals surface area contributed by atoms with Crippen LogP contribution >= 0.6 is 22.7 Å². The second-order valence-corrected chi connectivity index (χ2v) is 5.48. The van der Waals surface area contributed by atoms with Crippen LogP contribution in [0.1, 0.15) is 4.88 Å². The standard InChI is InChI=1S/C10H9N3S2/c1-6-5-13-9(11)8(12-10(13)15-6)7-3-2-4-14-7/h2-5H,11H2,1H3. The number of anilines is 1. The molecule has 0 atom stereocenters. The topological polar surface area (TPSA) is 43.3 Å². The Hall–Kier alpha value is -1.33. The highest BCUT2D eigenvalue weighted by Gasteiger charge is 2.13. The third-order valence-corrected chi connectivity index (χ3v) is 4.01. The normalized spacial score (nSPS) is 11.3. The molecule has 0 saturated carbocycles. The summed E-state index contributed by atoms with van der Waals surface area (Å²) in [7, 11) is 0. The zero-order valence-corrected chi connectivity index (χ0v) is 9.73. The van der Waals surface area contributed by atoms with E-state index in [9.17, 15) is 0 Å².